The quantitative estimate of drug-likeness (QED) is 0.877. The highest BCUT2D eigenvalue weighted by Gasteiger charge is 2.38. The summed E-state index contributed by atoms with van der Waals surface area (Å²) in [7, 11) is 0. The van der Waals surface area contributed by atoms with E-state index >= 15 is 0 Å². The molecule has 3 atom stereocenters. The first kappa shape index (κ1) is 15.0. The van der Waals surface area contributed by atoms with Crippen LogP contribution >= 0.6 is 0 Å². The van der Waals surface area contributed by atoms with Crippen molar-refractivity contribution in [2.75, 3.05) is 6.54 Å². The molecular formula is C17H21FN2O2. The molecule has 2 aliphatic carbocycles. The molecule has 0 saturated heterocycles. The molecule has 0 spiro atoms. The Balaban J connectivity index is 1.55. The zero-order valence-electron chi connectivity index (χ0n) is 12.5. The van der Waals surface area contributed by atoms with Crippen molar-refractivity contribution in [2.45, 2.75) is 32.1 Å². The van der Waals surface area contributed by atoms with Crippen molar-refractivity contribution < 1.29 is 14.0 Å². The number of carbonyl (C=O) groups is 2. The number of rotatable bonds is 5. The fourth-order valence-corrected chi connectivity index (χ4v) is 4.05. The summed E-state index contributed by atoms with van der Waals surface area (Å²) in [5.74, 6) is 0.607. The maximum atomic E-state index is 13.7. The van der Waals surface area contributed by atoms with Gasteiger partial charge >= 0.3 is 0 Å². The molecule has 4 nitrogen and oxygen atoms in total. The number of hydrogen-bond donors (Lipinski definition) is 2. The summed E-state index contributed by atoms with van der Waals surface area (Å²) in [6, 6.07) is 3.60. The molecule has 1 aromatic carbocycles. The third-order valence-electron chi connectivity index (χ3n) is 5.18. The Morgan fingerprint density at radius 2 is 2.09 bits per heavy atom. The van der Waals surface area contributed by atoms with Gasteiger partial charge in [0.15, 0.2) is 0 Å². The molecule has 0 aliphatic heterocycles. The van der Waals surface area contributed by atoms with E-state index in [9.17, 15) is 14.0 Å². The van der Waals surface area contributed by atoms with Gasteiger partial charge in [0.1, 0.15) is 5.82 Å². The normalized spacial score (nSPS) is 26.1. The topological polar surface area (TPSA) is 72.2 Å². The van der Waals surface area contributed by atoms with E-state index in [2.05, 4.69) is 5.32 Å². The second kappa shape index (κ2) is 6.07. The Bertz CT molecular complexity index is 602. The zero-order chi connectivity index (χ0) is 15.7. The van der Waals surface area contributed by atoms with Crippen LogP contribution in [0.1, 0.15) is 52.8 Å². The van der Waals surface area contributed by atoms with Crippen LogP contribution in [0.5, 0.6) is 0 Å². The largest absolute Gasteiger partial charge is 0.366 e. The highest BCUT2D eigenvalue weighted by Crippen LogP contribution is 2.49. The third kappa shape index (κ3) is 2.98. The molecule has 3 rings (SSSR count). The summed E-state index contributed by atoms with van der Waals surface area (Å²) in [4.78, 5) is 23.2. The van der Waals surface area contributed by atoms with Crippen LogP contribution in [-0.4, -0.2) is 18.4 Å². The molecule has 1 aromatic rings. The molecule has 2 amide bonds. The maximum Gasteiger partial charge on any atom is 0.254 e. The van der Waals surface area contributed by atoms with Crippen molar-refractivity contribution in [3.05, 3.63) is 35.1 Å². The van der Waals surface area contributed by atoms with E-state index in [0.29, 0.717) is 12.5 Å². The first-order valence-electron chi connectivity index (χ1n) is 7.92. The average molecular weight is 304 g/mol. The van der Waals surface area contributed by atoms with Gasteiger partial charge < -0.3 is 11.1 Å². The van der Waals surface area contributed by atoms with E-state index in [4.69, 9.17) is 5.73 Å². The Hall–Kier alpha value is -1.91. The molecule has 3 N–H and O–H groups in total. The van der Waals surface area contributed by atoms with Crippen LogP contribution in [0.4, 0.5) is 4.39 Å². The molecule has 0 heterocycles. The summed E-state index contributed by atoms with van der Waals surface area (Å²) >= 11 is 0. The lowest BCUT2D eigenvalue weighted by Crippen LogP contribution is -2.28. The second-order valence-electron chi connectivity index (χ2n) is 6.54. The predicted molar refractivity (Wildman–Crippen MR) is 80.8 cm³/mol. The fourth-order valence-electron chi connectivity index (χ4n) is 4.05. The molecule has 5 heteroatoms. The van der Waals surface area contributed by atoms with Gasteiger partial charge in [-0.2, -0.15) is 0 Å². The van der Waals surface area contributed by atoms with Crippen LogP contribution in [0.25, 0.3) is 0 Å². The van der Waals surface area contributed by atoms with Gasteiger partial charge in [-0.15, -0.1) is 0 Å². The van der Waals surface area contributed by atoms with Gasteiger partial charge in [-0.05, 0) is 61.6 Å². The van der Waals surface area contributed by atoms with Crippen LogP contribution in [0.2, 0.25) is 0 Å². The van der Waals surface area contributed by atoms with Crippen LogP contribution in [-0.2, 0) is 0 Å². The predicted octanol–water partition coefficient (Wildman–Crippen LogP) is 2.48. The van der Waals surface area contributed by atoms with Crippen molar-refractivity contribution in [2.24, 2.45) is 23.5 Å². The van der Waals surface area contributed by atoms with Gasteiger partial charge in [0.05, 0.1) is 5.56 Å². The Kier molecular flexibility index (Phi) is 4.14. The minimum Gasteiger partial charge on any atom is -0.366 e. The highest BCUT2D eigenvalue weighted by molar-refractivity contribution is 5.99. The van der Waals surface area contributed by atoms with Crippen molar-refractivity contribution in [3.63, 3.8) is 0 Å². The lowest BCUT2D eigenvalue weighted by molar-refractivity contribution is 0.0945. The van der Waals surface area contributed by atoms with Gasteiger partial charge in [0.25, 0.3) is 5.91 Å². The lowest BCUT2D eigenvalue weighted by Gasteiger charge is -2.21. The molecular weight excluding hydrogens is 283 g/mol. The van der Waals surface area contributed by atoms with Crippen molar-refractivity contribution in [1.29, 1.82) is 0 Å². The number of amides is 2. The number of hydrogen-bond acceptors (Lipinski definition) is 2. The fraction of sp³-hybridized carbons (Fsp3) is 0.529. The Labute approximate surface area is 129 Å². The van der Waals surface area contributed by atoms with Gasteiger partial charge in [-0.25, -0.2) is 4.39 Å². The zero-order valence-corrected chi connectivity index (χ0v) is 12.5. The van der Waals surface area contributed by atoms with Crippen LogP contribution in [0.15, 0.2) is 18.2 Å². The van der Waals surface area contributed by atoms with E-state index in [-0.39, 0.29) is 11.1 Å². The van der Waals surface area contributed by atoms with Crippen molar-refractivity contribution >= 4 is 11.8 Å². The van der Waals surface area contributed by atoms with Gasteiger partial charge in [0, 0.05) is 12.1 Å². The van der Waals surface area contributed by atoms with Crippen LogP contribution < -0.4 is 11.1 Å². The monoisotopic (exact) mass is 304 g/mol. The first-order chi connectivity index (χ1) is 10.5. The molecule has 2 bridgehead atoms. The molecule has 2 fully saturated rings. The minimum absolute atomic E-state index is 0.121. The van der Waals surface area contributed by atoms with Gasteiger partial charge in [-0.3, -0.25) is 9.59 Å². The average Bonchev–Trinajstić information content (AvgIpc) is 3.10. The first-order valence-corrected chi connectivity index (χ1v) is 7.92. The number of halogens is 1. The van der Waals surface area contributed by atoms with E-state index in [1.807, 2.05) is 0 Å². The Morgan fingerprint density at radius 3 is 2.73 bits per heavy atom. The van der Waals surface area contributed by atoms with Crippen molar-refractivity contribution in [1.82, 2.24) is 5.32 Å². The van der Waals surface area contributed by atoms with Crippen LogP contribution in [0.3, 0.4) is 0 Å². The minimum atomic E-state index is -0.670. The highest BCUT2D eigenvalue weighted by atomic mass is 19.1. The summed E-state index contributed by atoms with van der Waals surface area (Å²) in [5.41, 5.74) is 5.17. The number of nitrogens with one attached hydrogen (secondary N) is 1. The van der Waals surface area contributed by atoms with Gasteiger partial charge in [-0.1, -0.05) is 6.42 Å². The molecule has 2 aliphatic rings. The van der Waals surface area contributed by atoms with Crippen molar-refractivity contribution in [3.8, 4) is 0 Å². The second-order valence-corrected chi connectivity index (χ2v) is 6.54. The number of primary amides is 1. The molecule has 22 heavy (non-hydrogen) atoms. The third-order valence-corrected chi connectivity index (χ3v) is 5.18. The van der Waals surface area contributed by atoms with Crippen LogP contribution in [0, 0.1) is 23.6 Å². The number of fused-ring (bicyclic) bond motifs is 2. The summed E-state index contributed by atoms with van der Waals surface area (Å²) in [6.45, 7) is 0.549. The van der Waals surface area contributed by atoms with E-state index in [1.54, 1.807) is 0 Å². The van der Waals surface area contributed by atoms with E-state index < -0.39 is 17.6 Å². The smallest absolute Gasteiger partial charge is 0.254 e. The van der Waals surface area contributed by atoms with Gasteiger partial charge in [0.2, 0.25) is 5.91 Å². The lowest BCUT2D eigenvalue weighted by atomic mass is 9.86. The molecule has 0 aromatic heterocycles. The summed E-state index contributed by atoms with van der Waals surface area (Å²) in [5, 5.41) is 2.76. The summed E-state index contributed by atoms with van der Waals surface area (Å²) in [6.07, 6.45) is 6.24. The molecule has 0 radical (unpaired) electrons. The van der Waals surface area contributed by atoms with E-state index in [1.165, 1.54) is 37.8 Å². The molecule has 118 valence electrons. The number of carbonyl (C=O) groups excluding carboxylic acids is 2. The summed E-state index contributed by atoms with van der Waals surface area (Å²) < 4.78 is 13.7. The molecule has 2 saturated carbocycles. The number of benzene rings is 1. The molecule has 3 unspecified atom stereocenters. The SMILES string of the molecule is NC(=O)c1ccc(F)c(C(=O)NCCC2CC3CCC2C3)c1. The maximum absolute atomic E-state index is 13.7. The Morgan fingerprint density at radius 1 is 1.27 bits per heavy atom. The number of nitrogens with two attached hydrogens (primary N) is 1. The van der Waals surface area contributed by atoms with E-state index in [0.717, 1.165) is 24.3 Å². The standard InChI is InChI=1S/C17H21FN2O2/c18-15-4-3-13(16(19)21)9-14(15)17(22)20-6-5-12-8-10-1-2-11(12)7-10/h3-4,9-12H,1-2,5-8H2,(H2,19,21)(H,20,22).